The number of methoxy groups -OCH3 is 2. The number of ether oxygens (including phenoxy) is 2. The van der Waals surface area contributed by atoms with Gasteiger partial charge in [0, 0.05) is 20.3 Å². The molecule has 0 atom stereocenters. The van der Waals surface area contributed by atoms with Gasteiger partial charge in [-0.1, -0.05) is 0 Å². The van der Waals surface area contributed by atoms with Gasteiger partial charge >= 0.3 is 0 Å². The molecule has 0 radical (unpaired) electrons. The monoisotopic (exact) mass is 203 g/mol. The average molecular weight is 204 g/mol. The molecule has 0 saturated carbocycles. The third kappa shape index (κ3) is 3.30. The Kier molecular flexibility index (Phi) is 5.62. The van der Waals surface area contributed by atoms with Crippen LogP contribution in [0.15, 0.2) is 24.5 Å². The Hall–Kier alpha value is -0.640. The van der Waals surface area contributed by atoms with E-state index in [2.05, 4.69) is 0 Å². The highest BCUT2D eigenvalue weighted by Gasteiger charge is 2.10. The summed E-state index contributed by atoms with van der Waals surface area (Å²) >= 11 is 0. The highest BCUT2D eigenvalue weighted by atomic mass is 35.5. The number of rotatable bonds is 3. The highest BCUT2D eigenvalue weighted by Crippen LogP contribution is 2.13. The van der Waals surface area contributed by atoms with Crippen LogP contribution in [-0.4, -0.2) is 14.2 Å². The standard InChI is InChI=1S/C9H14NO2.ClH/c1-10-6-4-5-8(7-10)9(11-2)12-3;/h4-7,9H,1-3H3;1H/q+1;/p-1. The molecule has 1 aromatic heterocycles. The summed E-state index contributed by atoms with van der Waals surface area (Å²) < 4.78 is 12.2. The van der Waals surface area contributed by atoms with Gasteiger partial charge in [-0.15, -0.1) is 0 Å². The molecule has 1 aromatic rings. The maximum Gasteiger partial charge on any atom is 0.188 e. The lowest BCUT2D eigenvalue weighted by Crippen LogP contribution is -3.00. The minimum absolute atomic E-state index is 0. The Morgan fingerprint density at radius 1 is 1.31 bits per heavy atom. The minimum atomic E-state index is -0.266. The lowest BCUT2D eigenvalue weighted by Gasteiger charge is -2.11. The van der Waals surface area contributed by atoms with Crippen molar-refractivity contribution in [1.29, 1.82) is 0 Å². The van der Waals surface area contributed by atoms with Gasteiger partial charge in [-0.25, -0.2) is 4.57 Å². The van der Waals surface area contributed by atoms with E-state index < -0.39 is 0 Å². The predicted octanol–water partition coefficient (Wildman–Crippen LogP) is -2.19. The Bertz CT molecular complexity index is 251. The molecule has 4 heteroatoms. The molecular formula is C9H14ClNO2. The van der Waals surface area contributed by atoms with Crippen molar-refractivity contribution in [3.63, 3.8) is 0 Å². The van der Waals surface area contributed by atoms with Crippen LogP contribution >= 0.6 is 0 Å². The number of hydrogen-bond donors (Lipinski definition) is 0. The van der Waals surface area contributed by atoms with Gasteiger partial charge < -0.3 is 21.9 Å². The summed E-state index contributed by atoms with van der Waals surface area (Å²) in [6.45, 7) is 0. The van der Waals surface area contributed by atoms with Crippen LogP contribution < -0.4 is 17.0 Å². The molecule has 0 spiro atoms. The first-order valence-electron chi connectivity index (χ1n) is 3.78. The predicted molar refractivity (Wildman–Crippen MR) is 44.4 cm³/mol. The van der Waals surface area contributed by atoms with E-state index in [1.54, 1.807) is 14.2 Å². The molecule has 0 saturated heterocycles. The van der Waals surface area contributed by atoms with Gasteiger partial charge in [0.2, 0.25) is 0 Å². The smallest absolute Gasteiger partial charge is 0.188 e. The maximum absolute atomic E-state index is 5.10. The summed E-state index contributed by atoms with van der Waals surface area (Å²) in [7, 11) is 5.22. The number of aromatic nitrogens is 1. The second-order valence-electron chi connectivity index (χ2n) is 2.61. The molecular weight excluding hydrogens is 190 g/mol. The largest absolute Gasteiger partial charge is 1.00 e. The van der Waals surface area contributed by atoms with E-state index in [1.807, 2.05) is 36.1 Å². The molecule has 3 nitrogen and oxygen atoms in total. The van der Waals surface area contributed by atoms with Gasteiger partial charge in [-0.3, -0.25) is 0 Å². The molecule has 0 bridgehead atoms. The number of nitrogens with zero attached hydrogens (tertiary/aromatic N) is 1. The minimum Gasteiger partial charge on any atom is -1.00 e. The molecule has 13 heavy (non-hydrogen) atoms. The molecule has 0 aliphatic carbocycles. The van der Waals surface area contributed by atoms with Crippen LogP contribution in [0.25, 0.3) is 0 Å². The molecule has 1 heterocycles. The van der Waals surface area contributed by atoms with Crippen LogP contribution in [0.5, 0.6) is 0 Å². The maximum atomic E-state index is 5.10. The van der Waals surface area contributed by atoms with Crippen molar-refractivity contribution >= 4 is 0 Å². The van der Waals surface area contributed by atoms with Crippen LogP contribution in [0, 0.1) is 0 Å². The van der Waals surface area contributed by atoms with Gasteiger partial charge in [0.05, 0.1) is 5.56 Å². The zero-order chi connectivity index (χ0) is 8.97. The van der Waals surface area contributed by atoms with Crippen molar-refractivity contribution in [2.75, 3.05) is 14.2 Å². The molecule has 74 valence electrons. The molecule has 1 rings (SSSR count). The highest BCUT2D eigenvalue weighted by molar-refractivity contribution is 5.06. The Labute approximate surface area is 84.7 Å². The summed E-state index contributed by atoms with van der Waals surface area (Å²) in [6, 6.07) is 3.93. The van der Waals surface area contributed by atoms with E-state index in [4.69, 9.17) is 9.47 Å². The second kappa shape index (κ2) is 5.91. The molecule has 0 aromatic carbocycles. The topological polar surface area (TPSA) is 22.3 Å². The van der Waals surface area contributed by atoms with E-state index in [-0.39, 0.29) is 18.7 Å². The van der Waals surface area contributed by atoms with Gasteiger partial charge in [0.15, 0.2) is 18.7 Å². The van der Waals surface area contributed by atoms with E-state index in [0.29, 0.717) is 0 Å². The fraction of sp³-hybridized carbons (Fsp3) is 0.444. The van der Waals surface area contributed by atoms with Crippen molar-refractivity contribution in [1.82, 2.24) is 0 Å². The van der Waals surface area contributed by atoms with Crippen LogP contribution in [-0.2, 0) is 16.5 Å². The first kappa shape index (κ1) is 12.4. The fourth-order valence-corrected chi connectivity index (χ4v) is 1.12. The molecule has 0 amide bonds. The molecule has 0 aliphatic rings. The van der Waals surface area contributed by atoms with Crippen molar-refractivity contribution in [2.24, 2.45) is 7.05 Å². The molecule has 0 fully saturated rings. The van der Waals surface area contributed by atoms with Crippen LogP contribution in [0.4, 0.5) is 0 Å². The third-order valence-corrected chi connectivity index (χ3v) is 1.66. The summed E-state index contributed by atoms with van der Waals surface area (Å²) in [5, 5.41) is 0. The van der Waals surface area contributed by atoms with Gasteiger partial charge in [0.1, 0.15) is 7.05 Å². The van der Waals surface area contributed by atoms with E-state index in [0.717, 1.165) is 5.56 Å². The SMILES string of the molecule is COC(OC)c1ccc[n+](C)c1.[Cl-]. The lowest BCUT2D eigenvalue weighted by atomic mass is 10.3. The summed E-state index contributed by atoms with van der Waals surface area (Å²) in [6.07, 6.45) is 3.67. The summed E-state index contributed by atoms with van der Waals surface area (Å²) in [5.74, 6) is 0. The average Bonchev–Trinajstić information content (AvgIpc) is 2.07. The van der Waals surface area contributed by atoms with Crippen molar-refractivity contribution in [3.05, 3.63) is 30.1 Å². The van der Waals surface area contributed by atoms with E-state index >= 15 is 0 Å². The fourth-order valence-electron chi connectivity index (χ4n) is 1.12. The first-order chi connectivity index (χ1) is 5.77. The van der Waals surface area contributed by atoms with Crippen molar-refractivity contribution < 1.29 is 26.4 Å². The van der Waals surface area contributed by atoms with Gasteiger partial charge in [-0.2, -0.15) is 0 Å². The van der Waals surface area contributed by atoms with Crippen LogP contribution in [0.1, 0.15) is 11.9 Å². The summed E-state index contributed by atoms with van der Waals surface area (Å²) in [4.78, 5) is 0. The Balaban J connectivity index is 0.00000144. The molecule has 0 aliphatic heterocycles. The second-order valence-corrected chi connectivity index (χ2v) is 2.61. The van der Waals surface area contributed by atoms with Gasteiger partial charge in [-0.05, 0) is 6.07 Å². The zero-order valence-corrected chi connectivity index (χ0v) is 8.78. The van der Waals surface area contributed by atoms with Crippen molar-refractivity contribution in [3.8, 4) is 0 Å². The van der Waals surface area contributed by atoms with Crippen molar-refractivity contribution in [2.45, 2.75) is 6.29 Å². The first-order valence-corrected chi connectivity index (χ1v) is 3.78. The quantitative estimate of drug-likeness (QED) is 0.411. The third-order valence-electron chi connectivity index (χ3n) is 1.66. The Morgan fingerprint density at radius 3 is 2.38 bits per heavy atom. The van der Waals surface area contributed by atoms with Crippen LogP contribution in [0.2, 0.25) is 0 Å². The molecule has 0 N–H and O–H groups in total. The zero-order valence-electron chi connectivity index (χ0n) is 8.03. The number of halogens is 1. The normalized spacial score (nSPS) is 9.85. The Morgan fingerprint density at radius 2 is 1.92 bits per heavy atom. The van der Waals surface area contributed by atoms with E-state index in [1.165, 1.54) is 0 Å². The van der Waals surface area contributed by atoms with E-state index in [9.17, 15) is 0 Å². The number of aryl methyl sites for hydroxylation is 1. The van der Waals surface area contributed by atoms with Crippen LogP contribution in [0.3, 0.4) is 0 Å². The summed E-state index contributed by atoms with van der Waals surface area (Å²) in [5.41, 5.74) is 1.02. The lowest BCUT2D eigenvalue weighted by molar-refractivity contribution is -0.672. The molecule has 0 unspecified atom stereocenters. The number of hydrogen-bond acceptors (Lipinski definition) is 2. The van der Waals surface area contributed by atoms with Gasteiger partial charge in [0.25, 0.3) is 0 Å². The number of pyridine rings is 1.